The van der Waals surface area contributed by atoms with Gasteiger partial charge in [-0.3, -0.25) is 0 Å². The van der Waals surface area contributed by atoms with Crippen LogP contribution < -0.4 is 0 Å². The minimum atomic E-state index is -4.94. The molecule has 1 unspecified atom stereocenters. The summed E-state index contributed by atoms with van der Waals surface area (Å²) < 4.78 is 116. The second kappa shape index (κ2) is 7.29. The molecule has 0 radical (unpaired) electrons. The largest absolute Gasteiger partial charge is 0.392 e. The lowest BCUT2D eigenvalue weighted by molar-refractivity contribution is -0.209. The number of unbranched alkanes of at least 4 members (excludes halogenated alkanes) is 1. The topological polar surface area (TPSA) is 0 Å². The van der Waals surface area contributed by atoms with Gasteiger partial charge in [-0.25, -0.2) is 26.3 Å². The molecule has 0 aliphatic carbocycles. The molecule has 0 saturated heterocycles. The van der Waals surface area contributed by atoms with Gasteiger partial charge in [0.25, 0.3) is 17.8 Å². The molecule has 9 heteroatoms. The Hall–Kier alpha value is -0.630. The van der Waals surface area contributed by atoms with E-state index in [0.29, 0.717) is 6.42 Å². The maximum atomic E-state index is 13.5. The van der Waals surface area contributed by atoms with Crippen molar-refractivity contribution in [3.63, 3.8) is 0 Å². The molecule has 22 heavy (non-hydrogen) atoms. The highest BCUT2D eigenvalue weighted by atomic mass is 19.4. The van der Waals surface area contributed by atoms with Crippen molar-refractivity contribution in [1.82, 2.24) is 0 Å². The minimum Gasteiger partial charge on any atom is -0.207 e. The molecule has 0 aromatic carbocycles. The van der Waals surface area contributed by atoms with Crippen LogP contribution in [0, 0.1) is 5.92 Å². The summed E-state index contributed by atoms with van der Waals surface area (Å²) in [5, 5.41) is 0. The zero-order valence-corrected chi connectivity index (χ0v) is 12.2. The smallest absolute Gasteiger partial charge is 0.207 e. The first-order valence-corrected chi connectivity index (χ1v) is 6.78. The average molecular weight is 346 g/mol. The molecule has 0 aliphatic heterocycles. The van der Waals surface area contributed by atoms with Crippen LogP contribution in [0.15, 0.2) is 0 Å². The SMILES string of the molecule is CCCCC(CC(F)(F)CC(F)(F)CC(C)(F)F)C(F)(F)F. The molecule has 1 atom stereocenters. The van der Waals surface area contributed by atoms with E-state index in [2.05, 4.69) is 0 Å². The Morgan fingerprint density at radius 2 is 1.27 bits per heavy atom. The maximum Gasteiger partial charge on any atom is 0.392 e. The van der Waals surface area contributed by atoms with Crippen LogP contribution in [0.1, 0.15) is 52.4 Å². The fourth-order valence-electron chi connectivity index (χ4n) is 2.16. The molecule has 0 bridgehead atoms. The van der Waals surface area contributed by atoms with Crippen LogP contribution in [0.4, 0.5) is 39.5 Å². The van der Waals surface area contributed by atoms with E-state index in [4.69, 9.17) is 0 Å². The number of hydrogen-bond donors (Lipinski definition) is 0. The molecule has 0 nitrogen and oxygen atoms in total. The van der Waals surface area contributed by atoms with Gasteiger partial charge >= 0.3 is 6.18 Å². The van der Waals surface area contributed by atoms with Gasteiger partial charge in [0.2, 0.25) is 0 Å². The van der Waals surface area contributed by atoms with Gasteiger partial charge in [0, 0.05) is 6.42 Å². The zero-order valence-electron chi connectivity index (χ0n) is 12.2. The van der Waals surface area contributed by atoms with Crippen LogP contribution in [0.2, 0.25) is 0 Å². The van der Waals surface area contributed by atoms with E-state index in [1.165, 1.54) is 0 Å². The van der Waals surface area contributed by atoms with Crippen molar-refractivity contribution < 1.29 is 39.5 Å². The maximum absolute atomic E-state index is 13.5. The van der Waals surface area contributed by atoms with Crippen molar-refractivity contribution in [3.05, 3.63) is 0 Å². The Morgan fingerprint density at radius 1 is 0.773 bits per heavy atom. The predicted molar refractivity (Wildman–Crippen MR) is 63.4 cm³/mol. The van der Waals surface area contributed by atoms with Gasteiger partial charge < -0.3 is 0 Å². The average Bonchev–Trinajstić information content (AvgIpc) is 2.16. The summed E-state index contributed by atoms with van der Waals surface area (Å²) >= 11 is 0. The van der Waals surface area contributed by atoms with E-state index in [1.807, 2.05) is 0 Å². The molecule has 0 amide bonds. The number of hydrogen-bond acceptors (Lipinski definition) is 0. The van der Waals surface area contributed by atoms with Crippen LogP contribution in [0.5, 0.6) is 0 Å². The van der Waals surface area contributed by atoms with Crippen molar-refractivity contribution in [2.24, 2.45) is 5.92 Å². The Labute approximate surface area is 123 Å². The minimum absolute atomic E-state index is 0.0175. The third-order valence-corrected chi connectivity index (χ3v) is 3.00. The van der Waals surface area contributed by atoms with Gasteiger partial charge in [-0.1, -0.05) is 19.8 Å². The molecule has 0 aliphatic rings. The molecule has 0 saturated carbocycles. The molecule has 0 N–H and O–H groups in total. The molecule has 0 aromatic heterocycles. The third kappa shape index (κ3) is 9.40. The predicted octanol–water partition coefficient (Wildman–Crippen LogP) is 6.45. The molecule has 134 valence electrons. The van der Waals surface area contributed by atoms with Crippen LogP contribution in [-0.2, 0) is 0 Å². The summed E-state index contributed by atoms with van der Waals surface area (Å²) in [4.78, 5) is 0. The highest BCUT2D eigenvalue weighted by molar-refractivity contribution is 4.84. The Balaban J connectivity index is 4.90. The third-order valence-electron chi connectivity index (χ3n) is 3.00. The van der Waals surface area contributed by atoms with Crippen LogP contribution in [0.25, 0.3) is 0 Å². The van der Waals surface area contributed by atoms with Gasteiger partial charge in [0.1, 0.15) is 0 Å². The highest BCUT2D eigenvalue weighted by Gasteiger charge is 2.51. The standard InChI is InChI=1S/C13H19F9/c1-3-4-5-9(13(20,21)22)6-11(16,17)8-12(18,19)7-10(2,14)15/h9H,3-8H2,1-2H3. The Morgan fingerprint density at radius 3 is 1.64 bits per heavy atom. The summed E-state index contributed by atoms with van der Waals surface area (Å²) in [7, 11) is 0. The summed E-state index contributed by atoms with van der Waals surface area (Å²) in [6.45, 7) is 1.70. The summed E-state index contributed by atoms with van der Waals surface area (Å²) in [6.07, 6.45) is -11.5. The lowest BCUT2D eigenvalue weighted by atomic mass is 9.91. The second-order valence-corrected chi connectivity index (χ2v) is 5.72. The van der Waals surface area contributed by atoms with E-state index in [1.54, 1.807) is 6.92 Å². The monoisotopic (exact) mass is 346 g/mol. The summed E-state index contributed by atoms with van der Waals surface area (Å²) in [5.41, 5.74) is 0. The van der Waals surface area contributed by atoms with Crippen LogP contribution in [0.3, 0.4) is 0 Å². The van der Waals surface area contributed by atoms with Crippen molar-refractivity contribution in [3.8, 4) is 0 Å². The van der Waals surface area contributed by atoms with Gasteiger partial charge in [0.05, 0.1) is 18.8 Å². The Kier molecular flexibility index (Phi) is 7.09. The van der Waals surface area contributed by atoms with Crippen LogP contribution >= 0.6 is 0 Å². The second-order valence-electron chi connectivity index (χ2n) is 5.72. The first-order valence-electron chi connectivity index (χ1n) is 6.78. The van der Waals surface area contributed by atoms with E-state index in [0.717, 1.165) is 0 Å². The van der Waals surface area contributed by atoms with Crippen LogP contribution in [-0.4, -0.2) is 23.9 Å². The van der Waals surface area contributed by atoms with E-state index in [9.17, 15) is 39.5 Å². The lowest BCUT2D eigenvalue weighted by Gasteiger charge is -2.29. The quantitative estimate of drug-likeness (QED) is 0.421. The fraction of sp³-hybridized carbons (Fsp3) is 1.00. The number of alkyl halides is 9. The van der Waals surface area contributed by atoms with Gasteiger partial charge in [0.15, 0.2) is 0 Å². The van der Waals surface area contributed by atoms with Gasteiger partial charge in [-0.2, -0.15) is 13.2 Å². The van der Waals surface area contributed by atoms with Crippen molar-refractivity contribution in [2.75, 3.05) is 0 Å². The summed E-state index contributed by atoms with van der Waals surface area (Å²) in [6, 6.07) is 0. The lowest BCUT2D eigenvalue weighted by Crippen LogP contribution is -2.37. The van der Waals surface area contributed by atoms with Crippen molar-refractivity contribution in [1.29, 1.82) is 0 Å². The molecule has 0 spiro atoms. The van der Waals surface area contributed by atoms with Gasteiger partial charge in [-0.15, -0.1) is 0 Å². The summed E-state index contributed by atoms with van der Waals surface area (Å²) in [5.74, 6) is -15.1. The fourth-order valence-corrected chi connectivity index (χ4v) is 2.16. The molecular weight excluding hydrogens is 327 g/mol. The zero-order chi connectivity index (χ0) is 17.8. The number of rotatable bonds is 9. The van der Waals surface area contributed by atoms with E-state index >= 15 is 0 Å². The molecule has 0 rings (SSSR count). The van der Waals surface area contributed by atoms with Gasteiger partial charge in [-0.05, 0) is 13.3 Å². The van der Waals surface area contributed by atoms with E-state index < -0.39 is 55.5 Å². The highest BCUT2D eigenvalue weighted by Crippen LogP contribution is 2.44. The normalized spacial score (nSPS) is 16.0. The molecule has 0 fully saturated rings. The molecular formula is C13H19F9. The van der Waals surface area contributed by atoms with Crippen molar-refractivity contribution >= 4 is 0 Å². The van der Waals surface area contributed by atoms with E-state index in [-0.39, 0.29) is 13.3 Å². The first kappa shape index (κ1) is 21.4. The van der Waals surface area contributed by atoms with Crippen molar-refractivity contribution in [2.45, 2.75) is 76.3 Å². The number of halogens is 9. The first-order chi connectivity index (χ1) is 9.58. The molecule has 0 heterocycles. The molecule has 0 aromatic rings. The Bertz CT molecular complexity index is 327.